The predicted octanol–water partition coefficient (Wildman–Crippen LogP) is 3.20. The monoisotopic (exact) mass is 403 g/mol. The van der Waals surface area contributed by atoms with Crippen LogP contribution >= 0.6 is 0 Å². The summed E-state index contributed by atoms with van der Waals surface area (Å²) in [6.07, 6.45) is 0. The van der Waals surface area contributed by atoms with Gasteiger partial charge in [-0.2, -0.15) is 8.78 Å². The van der Waals surface area contributed by atoms with Crippen molar-refractivity contribution in [2.45, 2.75) is 20.1 Å². The molecule has 1 amide bonds. The van der Waals surface area contributed by atoms with Crippen LogP contribution in [0.15, 0.2) is 47.3 Å². The van der Waals surface area contributed by atoms with Crippen molar-refractivity contribution in [1.82, 2.24) is 14.9 Å². The lowest BCUT2D eigenvalue weighted by atomic mass is 10.1. The number of halogens is 2. The van der Waals surface area contributed by atoms with Gasteiger partial charge in [0.05, 0.1) is 30.1 Å². The average Bonchev–Trinajstić information content (AvgIpc) is 2.71. The molecule has 0 atom stereocenters. The van der Waals surface area contributed by atoms with E-state index in [1.165, 1.54) is 30.2 Å². The van der Waals surface area contributed by atoms with Gasteiger partial charge >= 0.3 is 6.61 Å². The van der Waals surface area contributed by atoms with E-state index in [4.69, 9.17) is 4.74 Å². The summed E-state index contributed by atoms with van der Waals surface area (Å²) in [6, 6.07) is 11.1. The third kappa shape index (κ3) is 4.34. The van der Waals surface area contributed by atoms with Gasteiger partial charge < -0.3 is 19.4 Å². The molecular weight excluding hydrogens is 384 g/mol. The molecule has 0 saturated carbocycles. The van der Waals surface area contributed by atoms with Crippen LogP contribution in [0.4, 0.5) is 8.78 Å². The highest BCUT2D eigenvalue weighted by molar-refractivity contribution is 5.97. The summed E-state index contributed by atoms with van der Waals surface area (Å²) in [6.45, 7) is -1.15. The Morgan fingerprint density at radius 2 is 1.97 bits per heavy atom. The number of H-pyrrole nitrogens is 1. The third-order valence-electron chi connectivity index (χ3n) is 4.31. The van der Waals surface area contributed by atoms with Gasteiger partial charge in [0.15, 0.2) is 11.5 Å². The lowest BCUT2D eigenvalue weighted by Gasteiger charge is -2.22. The van der Waals surface area contributed by atoms with Crippen LogP contribution in [-0.4, -0.2) is 41.0 Å². The van der Waals surface area contributed by atoms with Crippen LogP contribution in [0.3, 0.4) is 0 Å². The highest BCUT2D eigenvalue weighted by Gasteiger charge is 2.24. The second-order valence-corrected chi connectivity index (χ2v) is 6.06. The van der Waals surface area contributed by atoms with Crippen LogP contribution in [0, 0.1) is 0 Å². The van der Waals surface area contributed by atoms with Gasteiger partial charge in [-0.05, 0) is 31.2 Å². The Hall–Kier alpha value is -3.49. The number of hydrogen-bond donors (Lipinski definition) is 1. The van der Waals surface area contributed by atoms with Crippen molar-refractivity contribution in [1.29, 1.82) is 0 Å². The van der Waals surface area contributed by atoms with E-state index in [1.54, 1.807) is 31.2 Å². The lowest BCUT2D eigenvalue weighted by Crippen LogP contribution is -2.32. The number of ether oxygens (including phenoxy) is 2. The number of methoxy groups -OCH3 is 1. The van der Waals surface area contributed by atoms with Gasteiger partial charge in [-0.3, -0.25) is 9.59 Å². The molecule has 3 aromatic rings. The van der Waals surface area contributed by atoms with Gasteiger partial charge in [0.2, 0.25) is 0 Å². The van der Waals surface area contributed by atoms with Crippen molar-refractivity contribution in [2.24, 2.45) is 0 Å². The molecule has 29 heavy (non-hydrogen) atoms. The average molecular weight is 403 g/mol. The number of nitrogens with one attached hydrogen (secondary N) is 1. The quantitative estimate of drug-likeness (QED) is 0.655. The first-order chi connectivity index (χ1) is 13.9. The van der Waals surface area contributed by atoms with Crippen LogP contribution in [0.2, 0.25) is 0 Å². The molecule has 0 unspecified atom stereocenters. The summed E-state index contributed by atoms with van der Waals surface area (Å²) in [7, 11) is 1.29. The molecule has 0 aliphatic rings. The molecular formula is C20H19F2N3O4. The van der Waals surface area contributed by atoms with Gasteiger partial charge in [0.25, 0.3) is 11.5 Å². The van der Waals surface area contributed by atoms with E-state index in [-0.39, 0.29) is 41.5 Å². The fourth-order valence-electron chi connectivity index (χ4n) is 2.94. The van der Waals surface area contributed by atoms with Gasteiger partial charge in [0, 0.05) is 6.54 Å². The Balaban J connectivity index is 1.95. The van der Waals surface area contributed by atoms with Crippen LogP contribution in [0.25, 0.3) is 10.9 Å². The number of aromatic amines is 1. The summed E-state index contributed by atoms with van der Waals surface area (Å²) in [5.41, 5.74) is 0.102. The minimum atomic E-state index is -3.12. The van der Waals surface area contributed by atoms with Crippen LogP contribution in [0.1, 0.15) is 23.1 Å². The molecule has 1 heterocycles. The van der Waals surface area contributed by atoms with Crippen LogP contribution in [0.5, 0.6) is 11.5 Å². The number of fused-ring (bicyclic) bond motifs is 1. The number of nitrogens with zero attached hydrogens (tertiary/aromatic N) is 2. The minimum absolute atomic E-state index is 0.0132. The Labute approximate surface area is 164 Å². The molecule has 3 rings (SSSR count). The van der Waals surface area contributed by atoms with Crippen molar-refractivity contribution < 1.29 is 23.0 Å². The van der Waals surface area contributed by atoms with E-state index < -0.39 is 12.5 Å². The van der Waals surface area contributed by atoms with Crippen molar-refractivity contribution in [3.8, 4) is 11.5 Å². The first kappa shape index (κ1) is 20.2. The maximum Gasteiger partial charge on any atom is 0.387 e. The van der Waals surface area contributed by atoms with E-state index in [0.717, 1.165) is 0 Å². The lowest BCUT2D eigenvalue weighted by molar-refractivity contribution is -0.0516. The van der Waals surface area contributed by atoms with Gasteiger partial charge in [-0.15, -0.1) is 0 Å². The first-order valence-electron chi connectivity index (χ1n) is 8.83. The summed E-state index contributed by atoms with van der Waals surface area (Å²) in [5.74, 6) is -0.598. The van der Waals surface area contributed by atoms with E-state index in [2.05, 4.69) is 14.7 Å². The van der Waals surface area contributed by atoms with Crippen LogP contribution < -0.4 is 15.0 Å². The van der Waals surface area contributed by atoms with E-state index in [0.29, 0.717) is 10.9 Å². The summed E-state index contributed by atoms with van der Waals surface area (Å²) in [5, 5.41) is 0.436. The number of aromatic nitrogens is 2. The van der Waals surface area contributed by atoms with Crippen molar-refractivity contribution >= 4 is 16.8 Å². The molecule has 152 valence electrons. The van der Waals surface area contributed by atoms with Gasteiger partial charge in [-0.25, -0.2) is 4.98 Å². The highest BCUT2D eigenvalue weighted by atomic mass is 19.3. The van der Waals surface area contributed by atoms with E-state index in [1.807, 2.05) is 0 Å². The van der Waals surface area contributed by atoms with Crippen LogP contribution in [-0.2, 0) is 6.54 Å². The molecule has 0 saturated heterocycles. The molecule has 2 aromatic carbocycles. The molecule has 0 aliphatic carbocycles. The topological polar surface area (TPSA) is 84.5 Å². The standard InChI is InChI=1S/C20H19F2N3O4/c1-3-25(11-16-23-14-9-5-4-7-12(14)18(26)24-16)19(27)13-8-6-10-15(28-2)17(13)29-20(21)22/h4-10,20H,3,11H2,1-2H3,(H,23,24,26). The molecule has 0 bridgehead atoms. The maximum atomic E-state index is 13.0. The van der Waals surface area contributed by atoms with Gasteiger partial charge in [-0.1, -0.05) is 18.2 Å². The highest BCUT2D eigenvalue weighted by Crippen LogP contribution is 2.33. The first-order valence-corrected chi connectivity index (χ1v) is 8.83. The molecule has 0 fully saturated rings. The number of hydrogen-bond acceptors (Lipinski definition) is 5. The molecule has 0 aliphatic heterocycles. The number of carbonyl (C=O) groups is 1. The number of amides is 1. The second-order valence-electron chi connectivity index (χ2n) is 6.06. The van der Waals surface area contributed by atoms with E-state index in [9.17, 15) is 18.4 Å². The van der Waals surface area contributed by atoms with Crippen molar-refractivity contribution in [3.63, 3.8) is 0 Å². The second kappa shape index (κ2) is 8.68. The number of alkyl halides is 2. The molecule has 1 N–H and O–H groups in total. The molecule has 9 heteroatoms. The smallest absolute Gasteiger partial charge is 0.387 e. The molecule has 0 radical (unpaired) electrons. The third-order valence-corrected chi connectivity index (χ3v) is 4.31. The molecule has 1 aromatic heterocycles. The van der Waals surface area contributed by atoms with Crippen molar-refractivity contribution in [3.05, 3.63) is 64.2 Å². The number of para-hydroxylation sites is 2. The normalized spacial score (nSPS) is 10.9. The Bertz CT molecular complexity index is 1080. The Kier molecular flexibility index (Phi) is 6.06. The minimum Gasteiger partial charge on any atom is -0.493 e. The summed E-state index contributed by atoms with van der Waals surface area (Å²) >= 11 is 0. The largest absolute Gasteiger partial charge is 0.493 e. The fraction of sp³-hybridized carbons (Fsp3) is 0.250. The zero-order valence-corrected chi connectivity index (χ0v) is 15.8. The molecule has 0 spiro atoms. The summed E-state index contributed by atoms with van der Waals surface area (Å²) in [4.78, 5) is 33.7. The Morgan fingerprint density at radius 1 is 1.21 bits per heavy atom. The van der Waals surface area contributed by atoms with Gasteiger partial charge in [0.1, 0.15) is 5.82 Å². The zero-order chi connectivity index (χ0) is 21.0. The summed E-state index contributed by atoms with van der Waals surface area (Å²) < 4.78 is 35.3. The Morgan fingerprint density at radius 3 is 2.66 bits per heavy atom. The SMILES string of the molecule is CCN(Cc1nc2ccccc2c(=O)[nH]1)C(=O)c1cccc(OC)c1OC(F)F. The fourth-order valence-corrected chi connectivity index (χ4v) is 2.94. The van der Waals surface area contributed by atoms with E-state index >= 15 is 0 Å². The zero-order valence-electron chi connectivity index (χ0n) is 15.8. The number of carbonyl (C=O) groups excluding carboxylic acids is 1. The van der Waals surface area contributed by atoms with Crippen molar-refractivity contribution in [2.75, 3.05) is 13.7 Å². The number of benzene rings is 2. The molecule has 7 nitrogen and oxygen atoms in total. The maximum absolute atomic E-state index is 13.0. The number of rotatable bonds is 7. The predicted molar refractivity (Wildman–Crippen MR) is 102 cm³/mol.